The first-order valence-electron chi connectivity index (χ1n) is 5.94. The van der Waals surface area contributed by atoms with E-state index in [2.05, 4.69) is 10.6 Å². The van der Waals surface area contributed by atoms with E-state index in [0.717, 1.165) is 6.07 Å². The lowest BCUT2D eigenvalue weighted by Crippen LogP contribution is -2.48. The lowest BCUT2D eigenvalue weighted by molar-refractivity contribution is -0.120. The summed E-state index contributed by atoms with van der Waals surface area (Å²) in [6, 6.07) is 4.00. The highest BCUT2D eigenvalue weighted by Crippen LogP contribution is 2.20. The molecule has 0 aliphatic carbocycles. The van der Waals surface area contributed by atoms with Gasteiger partial charge < -0.3 is 15.4 Å². The molecular weight excluding hydrogens is 249 g/mol. The van der Waals surface area contributed by atoms with Crippen LogP contribution < -0.4 is 10.6 Å². The number of anilines is 1. The molecule has 5 nitrogen and oxygen atoms in total. The molecule has 6 heteroatoms. The summed E-state index contributed by atoms with van der Waals surface area (Å²) in [7, 11) is 0. The Hall–Kier alpha value is -1.97. The quantitative estimate of drug-likeness (QED) is 0.832. The first-order chi connectivity index (χ1) is 9.11. The molecule has 1 atom stereocenters. The van der Waals surface area contributed by atoms with E-state index in [1.165, 1.54) is 6.07 Å². The van der Waals surface area contributed by atoms with Gasteiger partial charge in [-0.3, -0.25) is 4.79 Å². The molecule has 1 heterocycles. The molecule has 0 bridgehead atoms. The monoisotopic (exact) mass is 263 g/mol. The zero-order valence-corrected chi connectivity index (χ0v) is 10.5. The first-order valence-corrected chi connectivity index (χ1v) is 5.94. The number of benzene rings is 1. The van der Waals surface area contributed by atoms with Gasteiger partial charge in [0.2, 0.25) is 5.91 Å². The molecule has 2 rings (SSSR count). The van der Waals surface area contributed by atoms with Crippen molar-refractivity contribution >= 4 is 11.6 Å². The van der Waals surface area contributed by atoms with Crippen molar-refractivity contribution in [1.82, 2.24) is 5.32 Å². The number of morpholine rings is 1. The number of nitriles is 1. The van der Waals surface area contributed by atoms with E-state index in [9.17, 15) is 9.18 Å². The van der Waals surface area contributed by atoms with E-state index in [-0.39, 0.29) is 18.1 Å². The Bertz CT molecular complexity index is 533. The van der Waals surface area contributed by atoms with Crippen molar-refractivity contribution in [3.8, 4) is 6.07 Å². The van der Waals surface area contributed by atoms with Crippen LogP contribution in [0, 0.1) is 24.1 Å². The Kier molecular flexibility index (Phi) is 4.10. The van der Waals surface area contributed by atoms with Gasteiger partial charge in [0.1, 0.15) is 11.9 Å². The second-order valence-electron chi connectivity index (χ2n) is 4.31. The fourth-order valence-corrected chi connectivity index (χ4v) is 1.83. The number of hydrogen-bond acceptors (Lipinski definition) is 4. The van der Waals surface area contributed by atoms with Crippen LogP contribution in [0.5, 0.6) is 0 Å². The molecule has 0 saturated carbocycles. The van der Waals surface area contributed by atoms with Gasteiger partial charge in [0, 0.05) is 17.8 Å². The Morgan fingerprint density at radius 3 is 3.05 bits per heavy atom. The molecule has 2 N–H and O–H groups in total. The zero-order valence-electron chi connectivity index (χ0n) is 10.5. The maximum absolute atomic E-state index is 13.6. The first kappa shape index (κ1) is 13.5. The minimum atomic E-state index is -0.512. The SMILES string of the molecule is Cc1c(F)cc(C#N)cc1NC(=O)C1COCCN1. The van der Waals surface area contributed by atoms with Crippen LogP contribution in [0.25, 0.3) is 0 Å². The molecule has 0 spiro atoms. The number of carbonyl (C=O) groups excluding carboxylic acids is 1. The van der Waals surface area contributed by atoms with Gasteiger partial charge >= 0.3 is 0 Å². The second kappa shape index (κ2) is 5.78. The fourth-order valence-electron chi connectivity index (χ4n) is 1.83. The number of nitrogens with one attached hydrogen (secondary N) is 2. The van der Waals surface area contributed by atoms with Crippen molar-refractivity contribution in [1.29, 1.82) is 5.26 Å². The fraction of sp³-hybridized carbons (Fsp3) is 0.385. The smallest absolute Gasteiger partial charge is 0.243 e. The molecule has 1 saturated heterocycles. The summed E-state index contributed by atoms with van der Waals surface area (Å²) in [5.41, 5.74) is 0.796. The van der Waals surface area contributed by atoms with Gasteiger partial charge in [0.05, 0.1) is 24.8 Å². The van der Waals surface area contributed by atoms with Gasteiger partial charge in [0.15, 0.2) is 0 Å². The normalized spacial score (nSPS) is 18.7. The Balaban J connectivity index is 2.16. The largest absolute Gasteiger partial charge is 0.378 e. The van der Waals surface area contributed by atoms with Gasteiger partial charge in [-0.05, 0) is 19.1 Å². The summed E-state index contributed by atoms with van der Waals surface area (Å²) in [4.78, 5) is 12.0. The highest BCUT2D eigenvalue weighted by Gasteiger charge is 2.22. The average molecular weight is 263 g/mol. The standard InChI is InChI=1S/C13H14FN3O2/c1-8-10(14)4-9(6-15)5-11(8)17-13(18)12-7-19-3-2-16-12/h4-5,12,16H,2-3,7H2,1H3,(H,17,18). The van der Waals surface area contributed by atoms with Crippen LogP contribution in [0.4, 0.5) is 10.1 Å². The van der Waals surface area contributed by atoms with Crippen LogP contribution in [0.2, 0.25) is 0 Å². The van der Waals surface area contributed by atoms with E-state index in [0.29, 0.717) is 24.4 Å². The van der Waals surface area contributed by atoms with Gasteiger partial charge in [-0.15, -0.1) is 0 Å². The van der Waals surface area contributed by atoms with E-state index in [4.69, 9.17) is 10.00 Å². The van der Waals surface area contributed by atoms with Gasteiger partial charge in [-0.2, -0.15) is 5.26 Å². The maximum Gasteiger partial charge on any atom is 0.243 e. The third kappa shape index (κ3) is 3.08. The number of halogens is 1. The topological polar surface area (TPSA) is 74.2 Å². The molecule has 1 unspecified atom stereocenters. The molecule has 1 aliphatic heterocycles. The molecule has 1 fully saturated rings. The predicted octanol–water partition coefficient (Wildman–Crippen LogP) is 0.933. The van der Waals surface area contributed by atoms with Crippen LogP contribution in [-0.4, -0.2) is 31.7 Å². The number of rotatable bonds is 2. The Labute approximate surface area is 110 Å². The van der Waals surface area contributed by atoms with Crippen LogP contribution in [0.1, 0.15) is 11.1 Å². The molecule has 1 aromatic carbocycles. The number of ether oxygens (including phenoxy) is 1. The Morgan fingerprint density at radius 1 is 1.63 bits per heavy atom. The number of nitrogens with zero attached hydrogens (tertiary/aromatic N) is 1. The summed E-state index contributed by atoms with van der Waals surface area (Å²) in [5, 5.41) is 14.4. The molecule has 1 aliphatic rings. The van der Waals surface area contributed by atoms with Crippen molar-refractivity contribution in [2.75, 3.05) is 25.1 Å². The molecule has 0 aromatic heterocycles. The van der Waals surface area contributed by atoms with Crippen LogP contribution in [0.15, 0.2) is 12.1 Å². The minimum absolute atomic E-state index is 0.172. The lowest BCUT2D eigenvalue weighted by Gasteiger charge is -2.23. The maximum atomic E-state index is 13.6. The van der Waals surface area contributed by atoms with Gasteiger partial charge in [-0.1, -0.05) is 0 Å². The van der Waals surface area contributed by atoms with Crippen LogP contribution in [0.3, 0.4) is 0 Å². The minimum Gasteiger partial charge on any atom is -0.378 e. The van der Waals surface area contributed by atoms with Crippen molar-refractivity contribution in [2.24, 2.45) is 0 Å². The average Bonchev–Trinajstić information content (AvgIpc) is 2.44. The molecule has 0 radical (unpaired) electrons. The van der Waals surface area contributed by atoms with Crippen LogP contribution in [-0.2, 0) is 9.53 Å². The van der Waals surface area contributed by atoms with Crippen molar-refractivity contribution in [2.45, 2.75) is 13.0 Å². The molecular formula is C13H14FN3O2. The number of amides is 1. The third-order valence-corrected chi connectivity index (χ3v) is 2.97. The predicted molar refractivity (Wildman–Crippen MR) is 67.1 cm³/mol. The number of carbonyl (C=O) groups is 1. The van der Waals surface area contributed by atoms with Gasteiger partial charge in [-0.25, -0.2) is 4.39 Å². The molecule has 1 aromatic rings. The summed E-state index contributed by atoms with van der Waals surface area (Å²) in [5.74, 6) is -0.806. The van der Waals surface area contributed by atoms with Crippen LogP contribution >= 0.6 is 0 Å². The summed E-state index contributed by atoms with van der Waals surface area (Å²) in [6.45, 7) is 3.01. The highest BCUT2D eigenvalue weighted by molar-refractivity contribution is 5.95. The van der Waals surface area contributed by atoms with Crippen molar-refractivity contribution < 1.29 is 13.9 Å². The zero-order chi connectivity index (χ0) is 13.8. The van der Waals surface area contributed by atoms with Crippen molar-refractivity contribution in [3.63, 3.8) is 0 Å². The summed E-state index contributed by atoms with van der Waals surface area (Å²) >= 11 is 0. The van der Waals surface area contributed by atoms with Gasteiger partial charge in [0.25, 0.3) is 0 Å². The lowest BCUT2D eigenvalue weighted by atomic mass is 10.1. The molecule has 100 valence electrons. The number of hydrogen-bond donors (Lipinski definition) is 2. The van der Waals surface area contributed by atoms with E-state index in [1.54, 1.807) is 6.92 Å². The second-order valence-corrected chi connectivity index (χ2v) is 4.31. The molecule has 1 amide bonds. The third-order valence-electron chi connectivity index (χ3n) is 2.97. The summed E-state index contributed by atoms with van der Waals surface area (Å²) in [6.07, 6.45) is 0. The van der Waals surface area contributed by atoms with E-state index >= 15 is 0 Å². The highest BCUT2D eigenvalue weighted by atomic mass is 19.1. The Morgan fingerprint density at radius 2 is 2.42 bits per heavy atom. The van der Waals surface area contributed by atoms with E-state index < -0.39 is 11.9 Å². The van der Waals surface area contributed by atoms with Crippen molar-refractivity contribution in [3.05, 3.63) is 29.1 Å². The summed E-state index contributed by atoms with van der Waals surface area (Å²) < 4.78 is 18.8. The van der Waals surface area contributed by atoms with E-state index in [1.807, 2.05) is 6.07 Å². The molecule has 19 heavy (non-hydrogen) atoms.